The quantitative estimate of drug-likeness (QED) is 0.391. The first-order valence-electron chi connectivity index (χ1n) is 8.62. The smallest absolute Gasteiger partial charge is 0.311 e. The standard InChI is InChI=1S/C20H18ClN5O3/c1-13-17(20(29)26(25(13)2)16-6-4-3-5-7-16)23-18(27)19(28)24-22-12-14-8-10-15(21)11-9-14/h3-12H,1-2H3,(H,23,27)(H,24,28). The molecule has 0 atom stereocenters. The van der Waals surface area contributed by atoms with Gasteiger partial charge in [-0.15, -0.1) is 0 Å². The van der Waals surface area contributed by atoms with Crippen LogP contribution >= 0.6 is 11.6 Å². The van der Waals surface area contributed by atoms with Crippen molar-refractivity contribution in [3.8, 4) is 5.69 Å². The van der Waals surface area contributed by atoms with E-state index in [2.05, 4.69) is 15.8 Å². The SMILES string of the molecule is Cc1c(NC(=O)C(=O)NN=Cc2ccc(Cl)cc2)c(=O)n(-c2ccccc2)n1C. The van der Waals surface area contributed by atoms with Gasteiger partial charge >= 0.3 is 11.8 Å². The van der Waals surface area contributed by atoms with Gasteiger partial charge in [0.1, 0.15) is 5.69 Å². The minimum Gasteiger partial charge on any atom is -0.311 e. The molecule has 3 aromatic rings. The number of amides is 2. The second kappa shape index (κ2) is 8.57. The van der Waals surface area contributed by atoms with Crippen molar-refractivity contribution in [2.45, 2.75) is 6.92 Å². The van der Waals surface area contributed by atoms with Crippen LogP contribution in [0.4, 0.5) is 5.69 Å². The molecule has 0 radical (unpaired) electrons. The van der Waals surface area contributed by atoms with Gasteiger partial charge in [-0.3, -0.25) is 19.1 Å². The van der Waals surface area contributed by atoms with Gasteiger partial charge in [-0.1, -0.05) is 41.9 Å². The number of aromatic nitrogens is 2. The number of rotatable bonds is 4. The molecule has 0 saturated carbocycles. The number of anilines is 1. The van der Waals surface area contributed by atoms with Crippen LogP contribution in [0, 0.1) is 6.92 Å². The van der Waals surface area contributed by atoms with Crippen molar-refractivity contribution in [2.75, 3.05) is 5.32 Å². The monoisotopic (exact) mass is 411 g/mol. The Morgan fingerprint density at radius 1 is 1.03 bits per heavy atom. The van der Waals surface area contributed by atoms with Crippen LogP contribution in [0.25, 0.3) is 5.69 Å². The van der Waals surface area contributed by atoms with Crippen LogP contribution < -0.4 is 16.3 Å². The van der Waals surface area contributed by atoms with E-state index in [1.54, 1.807) is 67.2 Å². The fraction of sp³-hybridized carbons (Fsp3) is 0.100. The maximum atomic E-state index is 12.8. The summed E-state index contributed by atoms with van der Waals surface area (Å²) in [5, 5.41) is 6.68. The summed E-state index contributed by atoms with van der Waals surface area (Å²) >= 11 is 5.80. The molecule has 2 aromatic carbocycles. The van der Waals surface area contributed by atoms with Crippen LogP contribution in [-0.4, -0.2) is 27.4 Å². The maximum Gasteiger partial charge on any atom is 0.329 e. The van der Waals surface area contributed by atoms with E-state index in [-0.39, 0.29) is 5.69 Å². The molecule has 29 heavy (non-hydrogen) atoms. The lowest BCUT2D eigenvalue weighted by atomic mass is 10.2. The maximum absolute atomic E-state index is 12.8. The third kappa shape index (κ3) is 4.44. The first-order chi connectivity index (χ1) is 13.9. The molecule has 0 bridgehead atoms. The number of hydrogen-bond donors (Lipinski definition) is 2. The van der Waals surface area contributed by atoms with Gasteiger partial charge in [0, 0.05) is 12.1 Å². The van der Waals surface area contributed by atoms with Crippen molar-refractivity contribution in [1.82, 2.24) is 14.8 Å². The summed E-state index contributed by atoms with van der Waals surface area (Å²) in [4.78, 5) is 36.9. The summed E-state index contributed by atoms with van der Waals surface area (Å²) in [5.41, 5.74) is 3.55. The molecular formula is C20H18ClN5O3. The Bertz CT molecular complexity index is 1130. The van der Waals surface area contributed by atoms with Gasteiger partial charge in [-0.2, -0.15) is 5.10 Å². The highest BCUT2D eigenvalue weighted by Gasteiger charge is 2.21. The summed E-state index contributed by atoms with van der Waals surface area (Å²) in [7, 11) is 1.69. The van der Waals surface area contributed by atoms with E-state index >= 15 is 0 Å². The lowest BCUT2D eigenvalue weighted by Gasteiger charge is -2.07. The molecular weight excluding hydrogens is 394 g/mol. The van der Waals surface area contributed by atoms with Crippen LogP contribution in [0.1, 0.15) is 11.3 Å². The Morgan fingerprint density at radius 2 is 1.69 bits per heavy atom. The van der Waals surface area contributed by atoms with E-state index in [1.165, 1.54) is 10.9 Å². The molecule has 8 nitrogen and oxygen atoms in total. The number of carbonyl (C=O) groups excluding carboxylic acids is 2. The third-order valence-electron chi connectivity index (χ3n) is 4.25. The van der Waals surface area contributed by atoms with E-state index in [0.717, 1.165) is 0 Å². The Morgan fingerprint density at radius 3 is 2.34 bits per heavy atom. The average Bonchev–Trinajstić information content (AvgIpc) is 2.93. The molecule has 9 heteroatoms. The van der Waals surface area contributed by atoms with Gasteiger partial charge < -0.3 is 5.32 Å². The van der Waals surface area contributed by atoms with Crippen LogP contribution in [0.15, 0.2) is 64.5 Å². The molecule has 3 rings (SSSR count). The molecule has 0 spiro atoms. The number of nitrogens with one attached hydrogen (secondary N) is 2. The van der Waals surface area contributed by atoms with Gasteiger partial charge in [0.2, 0.25) is 0 Å². The summed E-state index contributed by atoms with van der Waals surface area (Å²) in [6.07, 6.45) is 1.37. The number of benzene rings is 2. The first kappa shape index (κ1) is 20.1. The second-order valence-corrected chi connectivity index (χ2v) is 6.58. The van der Waals surface area contributed by atoms with Crippen molar-refractivity contribution in [3.05, 3.63) is 81.2 Å². The molecule has 0 aliphatic carbocycles. The largest absolute Gasteiger partial charge is 0.329 e. The Labute approximate surface area is 171 Å². The summed E-state index contributed by atoms with van der Waals surface area (Å²) in [5.74, 6) is -1.99. The molecule has 0 saturated heterocycles. The molecule has 2 amide bonds. The number of nitrogens with zero attached hydrogens (tertiary/aromatic N) is 3. The lowest BCUT2D eigenvalue weighted by molar-refractivity contribution is -0.136. The van der Waals surface area contributed by atoms with E-state index < -0.39 is 17.4 Å². The predicted molar refractivity (Wildman–Crippen MR) is 112 cm³/mol. The van der Waals surface area contributed by atoms with E-state index in [1.807, 2.05) is 6.07 Å². The zero-order valence-corrected chi connectivity index (χ0v) is 16.5. The molecule has 0 aliphatic heterocycles. The highest BCUT2D eigenvalue weighted by atomic mass is 35.5. The number of halogens is 1. The fourth-order valence-electron chi connectivity index (χ4n) is 2.65. The van der Waals surface area contributed by atoms with Crippen molar-refractivity contribution in [3.63, 3.8) is 0 Å². The van der Waals surface area contributed by atoms with Gasteiger partial charge in [0.15, 0.2) is 0 Å². The topological polar surface area (TPSA) is 97.5 Å². The number of carbonyl (C=O) groups is 2. The summed E-state index contributed by atoms with van der Waals surface area (Å²) in [6, 6.07) is 15.7. The minimum atomic E-state index is -0.996. The Balaban J connectivity index is 1.73. The lowest BCUT2D eigenvalue weighted by Crippen LogP contribution is -2.34. The molecule has 0 aliphatic rings. The Hall–Kier alpha value is -3.65. The minimum absolute atomic E-state index is 0.0261. The van der Waals surface area contributed by atoms with Crippen LogP contribution in [0.3, 0.4) is 0 Å². The highest BCUT2D eigenvalue weighted by molar-refractivity contribution is 6.39. The Kier molecular flexibility index (Phi) is 5.94. The summed E-state index contributed by atoms with van der Waals surface area (Å²) in [6.45, 7) is 1.67. The normalized spacial score (nSPS) is 10.9. The zero-order chi connectivity index (χ0) is 21.0. The van der Waals surface area contributed by atoms with E-state index in [0.29, 0.717) is 22.0 Å². The highest BCUT2D eigenvalue weighted by Crippen LogP contribution is 2.13. The number of hydrogen-bond acceptors (Lipinski definition) is 4. The first-order valence-corrected chi connectivity index (χ1v) is 9.00. The number of para-hydroxylation sites is 1. The molecule has 1 aromatic heterocycles. The van der Waals surface area contributed by atoms with Gasteiger partial charge in [0.25, 0.3) is 5.56 Å². The van der Waals surface area contributed by atoms with Crippen molar-refractivity contribution in [2.24, 2.45) is 12.1 Å². The van der Waals surface area contributed by atoms with Gasteiger partial charge in [-0.25, -0.2) is 10.1 Å². The van der Waals surface area contributed by atoms with E-state index in [9.17, 15) is 14.4 Å². The van der Waals surface area contributed by atoms with Gasteiger partial charge in [-0.05, 0) is 36.8 Å². The predicted octanol–water partition coefficient (Wildman–Crippen LogP) is 2.23. The van der Waals surface area contributed by atoms with Crippen LogP contribution in [0.2, 0.25) is 5.02 Å². The second-order valence-electron chi connectivity index (χ2n) is 6.14. The average molecular weight is 412 g/mol. The van der Waals surface area contributed by atoms with E-state index in [4.69, 9.17) is 11.6 Å². The van der Waals surface area contributed by atoms with Crippen molar-refractivity contribution in [1.29, 1.82) is 0 Å². The zero-order valence-electron chi connectivity index (χ0n) is 15.7. The molecule has 2 N–H and O–H groups in total. The van der Waals surface area contributed by atoms with Gasteiger partial charge in [0.05, 0.1) is 17.6 Å². The van der Waals surface area contributed by atoms with Crippen LogP contribution in [-0.2, 0) is 16.6 Å². The number of hydrazone groups is 1. The van der Waals surface area contributed by atoms with Crippen molar-refractivity contribution >= 4 is 35.3 Å². The molecule has 1 heterocycles. The third-order valence-corrected chi connectivity index (χ3v) is 4.50. The molecule has 0 unspecified atom stereocenters. The van der Waals surface area contributed by atoms with Crippen molar-refractivity contribution < 1.29 is 9.59 Å². The molecule has 148 valence electrons. The molecule has 0 fully saturated rings. The summed E-state index contributed by atoms with van der Waals surface area (Å²) < 4.78 is 3.01. The fourth-order valence-corrected chi connectivity index (χ4v) is 2.77. The van der Waals surface area contributed by atoms with Crippen LogP contribution in [0.5, 0.6) is 0 Å².